The van der Waals surface area contributed by atoms with E-state index in [2.05, 4.69) is 9.97 Å². The van der Waals surface area contributed by atoms with Crippen LogP contribution in [0.3, 0.4) is 0 Å². The van der Waals surface area contributed by atoms with Crippen LogP contribution in [0.15, 0.2) is 23.4 Å². The quantitative estimate of drug-likeness (QED) is 0.672. The highest BCUT2D eigenvalue weighted by molar-refractivity contribution is 7.98. The molecule has 0 aliphatic heterocycles. The molecule has 0 radical (unpaired) electrons. The first-order valence-electron chi connectivity index (χ1n) is 5.43. The highest BCUT2D eigenvalue weighted by atomic mass is 35.5. The van der Waals surface area contributed by atoms with E-state index in [1.807, 2.05) is 6.26 Å². The number of hydrogen-bond donors (Lipinski definition) is 2. The summed E-state index contributed by atoms with van der Waals surface area (Å²) in [6, 6.07) is 5.25. The number of aromatic nitrogens is 2. The Balaban J connectivity index is 2.75. The number of nitrogens with two attached hydrogens (primary N) is 2. The molecular formula is C12H12Cl2N4S. The fourth-order valence-corrected chi connectivity index (χ4v) is 2.73. The molecule has 0 atom stereocenters. The van der Waals surface area contributed by atoms with Crippen molar-refractivity contribution in [3.8, 4) is 11.1 Å². The van der Waals surface area contributed by atoms with Gasteiger partial charge in [0.15, 0.2) is 5.16 Å². The molecule has 2 rings (SSSR count). The summed E-state index contributed by atoms with van der Waals surface area (Å²) >= 11 is 13.8. The normalized spacial score (nSPS) is 10.7. The molecule has 7 heteroatoms. The Hall–Kier alpha value is -1.01. The van der Waals surface area contributed by atoms with Gasteiger partial charge in [-0.2, -0.15) is 0 Å². The Bertz CT molecular complexity index is 599. The van der Waals surface area contributed by atoms with Crippen molar-refractivity contribution in [1.29, 1.82) is 0 Å². The van der Waals surface area contributed by atoms with Crippen molar-refractivity contribution in [3.63, 3.8) is 0 Å². The first kappa shape index (κ1) is 14.4. The second-order valence-electron chi connectivity index (χ2n) is 3.72. The molecule has 0 aliphatic rings. The second kappa shape index (κ2) is 5.96. The van der Waals surface area contributed by atoms with Crippen LogP contribution in [0, 0.1) is 0 Å². The van der Waals surface area contributed by atoms with Crippen molar-refractivity contribution >= 4 is 40.8 Å². The number of halogens is 2. The third-order valence-electron chi connectivity index (χ3n) is 2.58. The zero-order chi connectivity index (χ0) is 14.0. The van der Waals surface area contributed by atoms with E-state index >= 15 is 0 Å². The number of nitrogens with zero attached hydrogens (tertiary/aromatic N) is 2. The molecule has 0 spiro atoms. The van der Waals surface area contributed by atoms with Gasteiger partial charge in [0.1, 0.15) is 5.82 Å². The summed E-state index contributed by atoms with van der Waals surface area (Å²) in [6.07, 6.45) is 1.87. The van der Waals surface area contributed by atoms with Crippen molar-refractivity contribution in [2.24, 2.45) is 5.73 Å². The Morgan fingerprint density at radius 3 is 2.32 bits per heavy atom. The van der Waals surface area contributed by atoms with Crippen molar-refractivity contribution in [2.45, 2.75) is 11.7 Å². The molecule has 19 heavy (non-hydrogen) atoms. The SMILES string of the molecule is CSc1nc(N)c(-c2c(Cl)cccc2Cl)c(CN)n1. The molecule has 1 heterocycles. The van der Waals surface area contributed by atoms with E-state index in [0.717, 1.165) is 0 Å². The van der Waals surface area contributed by atoms with Gasteiger partial charge in [0, 0.05) is 17.7 Å². The van der Waals surface area contributed by atoms with E-state index in [1.165, 1.54) is 11.8 Å². The molecule has 0 amide bonds. The number of hydrogen-bond acceptors (Lipinski definition) is 5. The second-order valence-corrected chi connectivity index (χ2v) is 5.31. The van der Waals surface area contributed by atoms with Crippen molar-refractivity contribution in [2.75, 3.05) is 12.0 Å². The Kier molecular flexibility index (Phi) is 4.52. The average Bonchev–Trinajstić information content (AvgIpc) is 2.39. The lowest BCUT2D eigenvalue weighted by Crippen LogP contribution is -2.08. The summed E-state index contributed by atoms with van der Waals surface area (Å²) in [5, 5.41) is 1.56. The van der Waals surface area contributed by atoms with E-state index in [0.29, 0.717) is 37.8 Å². The smallest absolute Gasteiger partial charge is 0.189 e. The molecule has 2 aromatic rings. The number of anilines is 1. The minimum absolute atomic E-state index is 0.233. The minimum Gasteiger partial charge on any atom is -0.383 e. The van der Waals surface area contributed by atoms with E-state index in [1.54, 1.807) is 18.2 Å². The summed E-state index contributed by atoms with van der Waals surface area (Å²) in [5.74, 6) is 0.329. The summed E-state index contributed by atoms with van der Waals surface area (Å²) in [7, 11) is 0. The predicted molar refractivity (Wildman–Crippen MR) is 81.6 cm³/mol. The molecule has 100 valence electrons. The van der Waals surface area contributed by atoms with Crippen LogP contribution >= 0.6 is 35.0 Å². The maximum absolute atomic E-state index is 6.20. The van der Waals surface area contributed by atoms with Crippen molar-refractivity contribution in [1.82, 2.24) is 9.97 Å². The van der Waals surface area contributed by atoms with Gasteiger partial charge >= 0.3 is 0 Å². The van der Waals surface area contributed by atoms with Gasteiger partial charge in [-0.25, -0.2) is 9.97 Å². The van der Waals surface area contributed by atoms with Crippen molar-refractivity contribution < 1.29 is 0 Å². The average molecular weight is 315 g/mol. The van der Waals surface area contributed by atoms with Crippen LogP contribution in [0.1, 0.15) is 5.69 Å². The van der Waals surface area contributed by atoms with Crippen LogP contribution < -0.4 is 11.5 Å². The fraction of sp³-hybridized carbons (Fsp3) is 0.167. The first-order valence-corrected chi connectivity index (χ1v) is 7.41. The molecule has 0 unspecified atom stereocenters. The monoisotopic (exact) mass is 314 g/mol. The van der Waals surface area contributed by atoms with Crippen LogP contribution in [0.4, 0.5) is 5.82 Å². The Morgan fingerprint density at radius 1 is 1.16 bits per heavy atom. The van der Waals surface area contributed by atoms with Gasteiger partial charge in [0.25, 0.3) is 0 Å². The largest absolute Gasteiger partial charge is 0.383 e. The van der Waals surface area contributed by atoms with Gasteiger partial charge in [0.05, 0.1) is 15.7 Å². The van der Waals surface area contributed by atoms with Gasteiger partial charge in [-0.1, -0.05) is 41.0 Å². The number of rotatable bonds is 3. The number of benzene rings is 1. The van der Waals surface area contributed by atoms with E-state index in [4.69, 9.17) is 34.7 Å². The lowest BCUT2D eigenvalue weighted by atomic mass is 10.0. The Morgan fingerprint density at radius 2 is 1.79 bits per heavy atom. The summed E-state index contributed by atoms with van der Waals surface area (Å²) in [6.45, 7) is 0.233. The Labute approximate surface area is 125 Å². The van der Waals surface area contributed by atoms with Crippen LogP contribution in [0.25, 0.3) is 11.1 Å². The summed E-state index contributed by atoms with van der Waals surface area (Å²) in [5.41, 5.74) is 13.6. The molecule has 0 bridgehead atoms. The van der Waals surface area contributed by atoms with Crippen LogP contribution in [0.5, 0.6) is 0 Å². The third kappa shape index (κ3) is 2.79. The zero-order valence-electron chi connectivity index (χ0n) is 10.2. The zero-order valence-corrected chi connectivity index (χ0v) is 12.5. The first-order chi connectivity index (χ1) is 9.08. The van der Waals surface area contributed by atoms with Gasteiger partial charge < -0.3 is 11.5 Å². The molecule has 4 N–H and O–H groups in total. The molecular weight excluding hydrogens is 303 g/mol. The molecule has 1 aromatic heterocycles. The van der Waals surface area contributed by atoms with E-state index in [9.17, 15) is 0 Å². The standard InChI is InChI=1S/C12H12Cl2N4S/c1-19-12-17-8(5-15)10(11(16)18-12)9-6(13)3-2-4-7(9)14/h2-4H,5,15H2,1H3,(H2,16,17,18). The topological polar surface area (TPSA) is 77.8 Å². The van der Waals surface area contributed by atoms with Gasteiger partial charge in [0.2, 0.25) is 0 Å². The minimum atomic E-state index is 0.233. The third-order valence-corrected chi connectivity index (χ3v) is 3.76. The fourth-order valence-electron chi connectivity index (χ4n) is 1.75. The molecule has 0 fully saturated rings. The van der Waals surface area contributed by atoms with Crippen LogP contribution in [0.2, 0.25) is 10.0 Å². The maximum Gasteiger partial charge on any atom is 0.189 e. The summed E-state index contributed by atoms with van der Waals surface area (Å²) in [4.78, 5) is 8.57. The molecule has 1 aromatic carbocycles. The van der Waals surface area contributed by atoms with Gasteiger partial charge in [-0.05, 0) is 18.4 Å². The number of nitrogen functional groups attached to an aromatic ring is 1. The highest BCUT2D eigenvalue weighted by Crippen LogP contribution is 2.39. The van der Waals surface area contributed by atoms with Gasteiger partial charge in [-0.15, -0.1) is 0 Å². The molecule has 0 aliphatic carbocycles. The van der Waals surface area contributed by atoms with E-state index in [-0.39, 0.29) is 6.54 Å². The summed E-state index contributed by atoms with van der Waals surface area (Å²) < 4.78 is 0. The van der Waals surface area contributed by atoms with E-state index < -0.39 is 0 Å². The van der Waals surface area contributed by atoms with Crippen LogP contribution in [-0.4, -0.2) is 16.2 Å². The lowest BCUT2D eigenvalue weighted by Gasteiger charge is -2.13. The van der Waals surface area contributed by atoms with Crippen LogP contribution in [-0.2, 0) is 6.54 Å². The molecule has 0 saturated heterocycles. The van der Waals surface area contributed by atoms with Crippen molar-refractivity contribution in [3.05, 3.63) is 33.9 Å². The molecule has 4 nitrogen and oxygen atoms in total. The number of thioether (sulfide) groups is 1. The lowest BCUT2D eigenvalue weighted by molar-refractivity contribution is 0.886. The maximum atomic E-state index is 6.20. The molecule has 0 saturated carbocycles. The van der Waals surface area contributed by atoms with Gasteiger partial charge in [-0.3, -0.25) is 0 Å². The highest BCUT2D eigenvalue weighted by Gasteiger charge is 2.18. The predicted octanol–water partition coefficient (Wildman–Crippen LogP) is 3.21.